The Morgan fingerprint density at radius 1 is 1.33 bits per heavy atom. The molecule has 1 N–H and O–H groups in total. The van der Waals surface area contributed by atoms with Crippen LogP contribution in [0.15, 0.2) is 0 Å². The van der Waals surface area contributed by atoms with E-state index in [2.05, 4.69) is 11.9 Å². The maximum Gasteiger partial charge on any atom is 0.0817 e. The summed E-state index contributed by atoms with van der Waals surface area (Å²) in [6, 6.07) is 0. The first kappa shape index (κ1) is 13.2. The standard InChI is InChI=1S/C11H22ClNO2/c1-13(7-3-2-6-12)10-11(14)4-8-15-9-5-11/h14H,2-10H2,1H3. The van der Waals surface area contributed by atoms with Gasteiger partial charge in [-0.2, -0.15) is 0 Å². The van der Waals surface area contributed by atoms with Crippen LogP contribution in [0.25, 0.3) is 0 Å². The highest BCUT2D eigenvalue weighted by molar-refractivity contribution is 6.17. The summed E-state index contributed by atoms with van der Waals surface area (Å²) in [5.41, 5.74) is -0.534. The maximum absolute atomic E-state index is 10.3. The predicted octanol–water partition coefficient (Wildman–Crippen LogP) is 1.48. The van der Waals surface area contributed by atoms with E-state index >= 15 is 0 Å². The van der Waals surface area contributed by atoms with E-state index in [0.29, 0.717) is 13.2 Å². The van der Waals surface area contributed by atoms with Crippen molar-refractivity contribution in [3.8, 4) is 0 Å². The Labute approximate surface area is 97.4 Å². The van der Waals surface area contributed by atoms with E-state index in [9.17, 15) is 5.11 Å². The second kappa shape index (κ2) is 6.69. The number of halogens is 1. The van der Waals surface area contributed by atoms with Crippen LogP contribution in [-0.4, -0.2) is 54.8 Å². The summed E-state index contributed by atoms with van der Waals surface area (Å²) in [4.78, 5) is 2.19. The van der Waals surface area contributed by atoms with E-state index in [1.54, 1.807) is 0 Å². The molecule has 3 nitrogen and oxygen atoms in total. The average Bonchev–Trinajstić information content (AvgIpc) is 2.18. The molecule has 4 heteroatoms. The number of unbranched alkanes of at least 4 members (excludes halogenated alkanes) is 1. The molecule has 0 aromatic rings. The fourth-order valence-corrected chi connectivity index (χ4v) is 2.16. The zero-order valence-corrected chi connectivity index (χ0v) is 10.3. The Morgan fingerprint density at radius 3 is 2.60 bits per heavy atom. The fourth-order valence-electron chi connectivity index (χ4n) is 1.97. The van der Waals surface area contributed by atoms with Crippen LogP contribution in [0.2, 0.25) is 0 Å². The highest BCUT2D eigenvalue weighted by Crippen LogP contribution is 2.21. The van der Waals surface area contributed by atoms with Gasteiger partial charge in [-0.3, -0.25) is 0 Å². The summed E-state index contributed by atoms with van der Waals surface area (Å²) in [5, 5.41) is 10.3. The lowest BCUT2D eigenvalue weighted by Gasteiger charge is -2.35. The first-order chi connectivity index (χ1) is 7.16. The van der Waals surface area contributed by atoms with E-state index in [1.807, 2.05) is 0 Å². The number of hydrogen-bond acceptors (Lipinski definition) is 3. The van der Waals surface area contributed by atoms with Crippen LogP contribution >= 0.6 is 11.6 Å². The van der Waals surface area contributed by atoms with E-state index in [4.69, 9.17) is 16.3 Å². The third-order valence-corrected chi connectivity index (χ3v) is 3.18. The number of nitrogens with zero attached hydrogens (tertiary/aromatic N) is 1. The van der Waals surface area contributed by atoms with Gasteiger partial charge in [-0.15, -0.1) is 11.6 Å². The van der Waals surface area contributed by atoms with Crippen LogP contribution in [-0.2, 0) is 4.74 Å². The Hall–Kier alpha value is 0.170. The molecule has 90 valence electrons. The monoisotopic (exact) mass is 235 g/mol. The normalized spacial score (nSPS) is 20.8. The largest absolute Gasteiger partial charge is 0.388 e. The van der Waals surface area contributed by atoms with E-state index in [0.717, 1.165) is 44.7 Å². The zero-order valence-electron chi connectivity index (χ0n) is 9.54. The minimum atomic E-state index is -0.534. The Bertz CT molecular complexity index is 172. The molecule has 1 aliphatic rings. The molecular formula is C11H22ClNO2. The minimum absolute atomic E-state index is 0.534. The van der Waals surface area contributed by atoms with Gasteiger partial charge in [-0.25, -0.2) is 0 Å². The number of alkyl halides is 1. The van der Waals surface area contributed by atoms with Crippen molar-refractivity contribution in [2.45, 2.75) is 31.3 Å². The topological polar surface area (TPSA) is 32.7 Å². The molecule has 1 fully saturated rings. The molecule has 0 atom stereocenters. The second-order valence-electron chi connectivity index (χ2n) is 4.47. The summed E-state index contributed by atoms with van der Waals surface area (Å²) in [7, 11) is 2.06. The quantitative estimate of drug-likeness (QED) is 0.559. The first-order valence-corrected chi connectivity index (χ1v) is 6.24. The van der Waals surface area contributed by atoms with Crippen molar-refractivity contribution in [1.82, 2.24) is 4.90 Å². The molecule has 0 aromatic heterocycles. The van der Waals surface area contributed by atoms with Crippen molar-refractivity contribution in [3.05, 3.63) is 0 Å². The van der Waals surface area contributed by atoms with Gasteiger partial charge in [0.2, 0.25) is 0 Å². The van der Waals surface area contributed by atoms with Crippen molar-refractivity contribution < 1.29 is 9.84 Å². The van der Waals surface area contributed by atoms with Crippen LogP contribution in [0.5, 0.6) is 0 Å². The molecule has 0 spiro atoms. The van der Waals surface area contributed by atoms with Crippen molar-refractivity contribution in [2.75, 3.05) is 39.2 Å². The predicted molar refractivity (Wildman–Crippen MR) is 62.5 cm³/mol. The smallest absolute Gasteiger partial charge is 0.0817 e. The Kier molecular flexibility index (Phi) is 5.90. The second-order valence-corrected chi connectivity index (χ2v) is 4.85. The van der Waals surface area contributed by atoms with E-state index < -0.39 is 5.60 Å². The highest BCUT2D eigenvalue weighted by atomic mass is 35.5. The molecule has 0 amide bonds. The van der Waals surface area contributed by atoms with Crippen LogP contribution in [0, 0.1) is 0 Å². The highest BCUT2D eigenvalue weighted by Gasteiger charge is 2.30. The van der Waals surface area contributed by atoms with Gasteiger partial charge in [0.25, 0.3) is 0 Å². The summed E-state index contributed by atoms with van der Waals surface area (Å²) < 4.78 is 5.25. The van der Waals surface area contributed by atoms with Gasteiger partial charge >= 0.3 is 0 Å². The Balaban J connectivity index is 2.20. The summed E-state index contributed by atoms with van der Waals surface area (Å²) in [6.07, 6.45) is 3.67. The molecular weight excluding hydrogens is 214 g/mol. The number of hydrogen-bond donors (Lipinski definition) is 1. The summed E-state index contributed by atoms with van der Waals surface area (Å²) in [6.45, 7) is 3.13. The van der Waals surface area contributed by atoms with Gasteiger partial charge in [0, 0.05) is 38.5 Å². The van der Waals surface area contributed by atoms with Crippen molar-refractivity contribution in [3.63, 3.8) is 0 Å². The van der Waals surface area contributed by atoms with Crippen molar-refractivity contribution >= 4 is 11.6 Å². The molecule has 1 heterocycles. The molecule has 15 heavy (non-hydrogen) atoms. The molecule has 1 rings (SSSR count). The molecule has 1 saturated heterocycles. The van der Waals surface area contributed by atoms with Gasteiger partial charge in [0.1, 0.15) is 0 Å². The van der Waals surface area contributed by atoms with Crippen LogP contribution in [0.3, 0.4) is 0 Å². The number of likely N-dealkylation sites (N-methyl/N-ethyl adjacent to an activating group) is 1. The summed E-state index contributed by atoms with van der Waals surface area (Å²) >= 11 is 5.62. The lowest BCUT2D eigenvalue weighted by Crippen LogP contribution is -2.45. The Morgan fingerprint density at radius 2 is 2.00 bits per heavy atom. The third kappa shape index (κ3) is 5.16. The van der Waals surface area contributed by atoms with Gasteiger partial charge in [-0.05, 0) is 26.4 Å². The molecule has 0 aliphatic carbocycles. The number of rotatable bonds is 6. The van der Waals surface area contributed by atoms with Gasteiger partial charge < -0.3 is 14.7 Å². The molecule has 0 bridgehead atoms. The van der Waals surface area contributed by atoms with Crippen LogP contribution < -0.4 is 0 Å². The minimum Gasteiger partial charge on any atom is -0.388 e. The average molecular weight is 236 g/mol. The third-order valence-electron chi connectivity index (χ3n) is 2.91. The SMILES string of the molecule is CN(CCCCCl)CC1(O)CCOCC1. The molecule has 0 saturated carbocycles. The molecule has 0 aromatic carbocycles. The molecule has 1 aliphatic heterocycles. The first-order valence-electron chi connectivity index (χ1n) is 5.71. The van der Waals surface area contributed by atoms with Gasteiger partial charge in [0.05, 0.1) is 5.60 Å². The van der Waals surface area contributed by atoms with Crippen LogP contribution in [0.1, 0.15) is 25.7 Å². The van der Waals surface area contributed by atoms with Crippen molar-refractivity contribution in [2.24, 2.45) is 0 Å². The molecule has 0 unspecified atom stereocenters. The van der Waals surface area contributed by atoms with Gasteiger partial charge in [-0.1, -0.05) is 0 Å². The number of aliphatic hydroxyl groups is 1. The lowest BCUT2D eigenvalue weighted by atomic mass is 9.94. The van der Waals surface area contributed by atoms with E-state index in [-0.39, 0.29) is 0 Å². The van der Waals surface area contributed by atoms with Crippen molar-refractivity contribution in [1.29, 1.82) is 0 Å². The fraction of sp³-hybridized carbons (Fsp3) is 1.00. The zero-order chi connectivity index (χ0) is 11.1. The molecule has 0 radical (unpaired) electrons. The van der Waals surface area contributed by atoms with Gasteiger partial charge in [0.15, 0.2) is 0 Å². The summed E-state index contributed by atoms with van der Waals surface area (Å²) in [5.74, 6) is 0.728. The number of ether oxygens (including phenoxy) is 1. The lowest BCUT2D eigenvalue weighted by molar-refractivity contribution is -0.0768. The maximum atomic E-state index is 10.3. The van der Waals surface area contributed by atoms with Crippen LogP contribution in [0.4, 0.5) is 0 Å². The van der Waals surface area contributed by atoms with E-state index in [1.165, 1.54) is 0 Å².